The lowest BCUT2D eigenvalue weighted by molar-refractivity contribution is 0.432. The van der Waals surface area contributed by atoms with E-state index in [1.54, 1.807) is 16.8 Å². The van der Waals surface area contributed by atoms with E-state index in [-0.39, 0.29) is 5.75 Å². The monoisotopic (exact) mass is 252 g/mol. The van der Waals surface area contributed by atoms with Crippen LogP contribution in [0.4, 0.5) is 4.39 Å². The molecule has 4 heteroatoms. The van der Waals surface area contributed by atoms with Gasteiger partial charge in [0, 0.05) is 23.3 Å². The van der Waals surface area contributed by atoms with Crippen molar-refractivity contribution in [2.24, 2.45) is 0 Å². The highest BCUT2D eigenvalue weighted by Crippen LogP contribution is 2.26. The second-order valence-electron chi connectivity index (χ2n) is 4.18. The zero-order valence-corrected chi connectivity index (χ0v) is 9.84. The van der Waals surface area contributed by atoms with Crippen LogP contribution < -0.4 is 0 Å². The second-order valence-corrected chi connectivity index (χ2v) is 4.18. The predicted octanol–water partition coefficient (Wildman–Crippen LogP) is 3.35. The van der Waals surface area contributed by atoms with Crippen LogP contribution in [0.2, 0.25) is 0 Å². The van der Waals surface area contributed by atoms with E-state index in [0.717, 1.165) is 10.9 Å². The maximum absolute atomic E-state index is 13.4. The van der Waals surface area contributed by atoms with Crippen molar-refractivity contribution in [1.29, 1.82) is 5.26 Å². The van der Waals surface area contributed by atoms with Gasteiger partial charge in [0.1, 0.15) is 6.07 Å². The number of rotatable bonds is 1. The van der Waals surface area contributed by atoms with Crippen LogP contribution in [0.5, 0.6) is 5.75 Å². The van der Waals surface area contributed by atoms with Crippen molar-refractivity contribution in [2.75, 3.05) is 0 Å². The SMILES string of the molecule is N#Cc1cn(-c2ccc(O)c(F)c2)c2ccccc12. The first-order valence-corrected chi connectivity index (χ1v) is 5.70. The van der Waals surface area contributed by atoms with Crippen molar-refractivity contribution in [1.82, 2.24) is 4.57 Å². The summed E-state index contributed by atoms with van der Waals surface area (Å²) in [7, 11) is 0. The number of nitrogens with zero attached hydrogens (tertiary/aromatic N) is 2. The summed E-state index contributed by atoms with van der Waals surface area (Å²) in [6.07, 6.45) is 1.66. The topological polar surface area (TPSA) is 49.0 Å². The van der Waals surface area contributed by atoms with Gasteiger partial charge in [0.2, 0.25) is 0 Å². The summed E-state index contributed by atoms with van der Waals surface area (Å²) in [5, 5.41) is 19.2. The number of fused-ring (bicyclic) bond motifs is 1. The van der Waals surface area contributed by atoms with E-state index in [0.29, 0.717) is 11.3 Å². The Hall–Kier alpha value is -2.80. The summed E-state index contributed by atoms with van der Waals surface area (Å²) in [6, 6.07) is 13.7. The van der Waals surface area contributed by atoms with Crippen LogP contribution in [-0.4, -0.2) is 9.67 Å². The number of phenolic OH excluding ortho intramolecular Hbond substituents is 1. The molecule has 3 rings (SSSR count). The molecule has 0 unspecified atom stereocenters. The summed E-state index contributed by atoms with van der Waals surface area (Å²) < 4.78 is 15.2. The predicted molar refractivity (Wildman–Crippen MR) is 69.6 cm³/mol. The smallest absolute Gasteiger partial charge is 0.166 e. The van der Waals surface area contributed by atoms with Gasteiger partial charge in [0.25, 0.3) is 0 Å². The Morgan fingerprint density at radius 1 is 1.16 bits per heavy atom. The van der Waals surface area contributed by atoms with Gasteiger partial charge < -0.3 is 9.67 Å². The minimum atomic E-state index is -0.686. The highest BCUT2D eigenvalue weighted by Gasteiger charge is 2.10. The van der Waals surface area contributed by atoms with Crippen LogP contribution in [0.15, 0.2) is 48.7 Å². The Morgan fingerprint density at radius 2 is 1.95 bits per heavy atom. The van der Waals surface area contributed by atoms with Crippen molar-refractivity contribution >= 4 is 10.9 Å². The lowest BCUT2D eigenvalue weighted by atomic mass is 10.2. The van der Waals surface area contributed by atoms with Crippen molar-refractivity contribution in [3.63, 3.8) is 0 Å². The first-order chi connectivity index (χ1) is 9.20. The molecular weight excluding hydrogens is 243 g/mol. The van der Waals surface area contributed by atoms with Crippen LogP contribution in [0, 0.1) is 17.1 Å². The summed E-state index contributed by atoms with van der Waals surface area (Å²) in [5.41, 5.74) is 1.92. The number of aromatic nitrogens is 1. The molecule has 92 valence electrons. The zero-order chi connectivity index (χ0) is 13.4. The first kappa shape index (κ1) is 11.3. The fourth-order valence-electron chi connectivity index (χ4n) is 2.13. The van der Waals surface area contributed by atoms with Gasteiger partial charge in [-0.15, -0.1) is 0 Å². The fourth-order valence-corrected chi connectivity index (χ4v) is 2.13. The molecule has 0 radical (unpaired) electrons. The van der Waals surface area contributed by atoms with Crippen LogP contribution in [0.3, 0.4) is 0 Å². The standard InChI is InChI=1S/C15H9FN2O/c16-13-7-11(5-6-15(13)19)18-9-10(8-17)12-3-1-2-4-14(12)18/h1-7,9,19H. The molecule has 0 saturated heterocycles. The average Bonchev–Trinajstić information content (AvgIpc) is 2.81. The van der Waals surface area contributed by atoms with Crippen molar-refractivity contribution in [2.45, 2.75) is 0 Å². The number of hydrogen-bond acceptors (Lipinski definition) is 2. The van der Waals surface area contributed by atoms with Gasteiger partial charge in [-0.1, -0.05) is 18.2 Å². The Balaban J connectivity index is 2.31. The molecule has 0 aliphatic rings. The lowest BCUT2D eigenvalue weighted by Gasteiger charge is -2.06. The van der Waals surface area contributed by atoms with E-state index in [4.69, 9.17) is 5.26 Å². The van der Waals surface area contributed by atoms with Crippen molar-refractivity contribution in [3.8, 4) is 17.5 Å². The van der Waals surface area contributed by atoms with E-state index < -0.39 is 5.82 Å². The molecule has 0 atom stereocenters. The molecule has 0 aliphatic heterocycles. The van der Waals surface area contributed by atoms with Crippen LogP contribution >= 0.6 is 0 Å². The molecule has 2 aromatic carbocycles. The minimum absolute atomic E-state index is 0.388. The molecule has 0 spiro atoms. The van der Waals surface area contributed by atoms with Crippen LogP contribution in [0.1, 0.15) is 5.56 Å². The van der Waals surface area contributed by atoms with Crippen LogP contribution in [0.25, 0.3) is 16.6 Å². The van der Waals surface area contributed by atoms with Crippen LogP contribution in [-0.2, 0) is 0 Å². The third kappa shape index (κ3) is 1.72. The minimum Gasteiger partial charge on any atom is -0.505 e. The highest BCUT2D eigenvalue weighted by atomic mass is 19.1. The zero-order valence-electron chi connectivity index (χ0n) is 9.84. The van der Waals surface area contributed by atoms with Gasteiger partial charge in [-0.2, -0.15) is 5.26 Å². The largest absolute Gasteiger partial charge is 0.505 e. The average molecular weight is 252 g/mol. The van der Waals surface area contributed by atoms with Gasteiger partial charge in [0.15, 0.2) is 11.6 Å². The Bertz CT molecular complexity index is 815. The van der Waals surface area contributed by atoms with E-state index in [1.807, 2.05) is 24.3 Å². The fraction of sp³-hybridized carbons (Fsp3) is 0. The second kappa shape index (κ2) is 4.14. The number of para-hydroxylation sites is 1. The van der Waals surface area contributed by atoms with Gasteiger partial charge in [-0.3, -0.25) is 0 Å². The Labute approximate surface area is 108 Å². The molecule has 3 nitrogen and oxygen atoms in total. The summed E-state index contributed by atoms with van der Waals surface area (Å²) in [4.78, 5) is 0. The van der Waals surface area contributed by atoms with E-state index in [2.05, 4.69) is 6.07 Å². The van der Waals surface area contributed by atoms with Gasteiger partial charge in [-0.05, 0) is 18.2 Å². The summed E-state index contributed by atoms with van der Waals surface area (Å²) in [5.74, 6) is -1.07. The maximum Gasteiger partial charge on any atom is 0.166 e. The molecular formula is C15H9FN2O. The number of aromatic hydroxyl groups is 1. The quantitative estimate of drug-likeness (QED) is 0.722. The number of halogens is 1. The Morgan fingerprint density at radius 3 is 2.68 bits per heavy atom. The third-order valence-electron chi connectivity index (χ3n) is 3.04. The molecule has 1 heterocycles. The molecule has 3 aromatic rings. The van der Waals surface area contributed by atoms with E-state index in [1.165, 1.54) is 12.1 Å². The molecule has 0 fully saturated rings. The number of nitriles is 1. The number of benzene rings is 2. The van der Waals surface area contributed by atoms with E-state index >= 15 is 0 Å². The maximum atomic E-state index is 13.4. The van der Waals surface area contributed by atoms with E-state index in [9.17, 15) is 9.50 Å². The highest BCUT2D eigenvalue weighted by molar-refractivity contribution is 5.87. The van der Waals surface area contributed by atoms with Gasteiger partial charge >= 0.3 is 0 Å². The van der Waals surface area contributed by atoms with Gasteiger partial charge in [-0.25, -0.2) is 4.39 Å². The summed E-state index contributed by atoms with van der Waals surface area (Å²) in [6.45, 7) is 0. The van der Waals surface area contributed by atoms with Crippen molar-refractivity contribution < 1.29 is 9.50 Å². The normalized spacial score (nSPS) is 10.5. The van der Waals surface area contributed by atoms with Crippen molar-refractivity contribution in [3.05, 3.63) is 60.0 Å². The Kier molecular flexibility index (Phi) is 2.46. The molecule has 0 amide bonds. The summed E-state index contributed by atoms with van der Waals surface area (Å²) >= 11 is 0. The van der Waals surface area contributed by atoms with Gasteiger partial charge in [0.05, 0.1) is 11.1 Å². The molecule has 19 heavy (non-hydrogen) atoms. The number of hydrogen-bond donors (Lipinski definition) is 1. The number of phenols is 1. The third-order valence-corrected chi connectivity index (χ3v) is 3.04. The molecule has 1 aromatic heterocycles. The molecule has 0 bridgehead atoms. The molecule has 1 N–H and O–H groups in total. The first-order valence-electron chi connectivity index (χ1n) is 5.70. The lowest BCUT2D eigenvalue weighted by Crippen LogP contribution is -1.92. The molecule has 0 aliphatic carbocycles. The molecule has 0 saturated carbocycles.